The van der Waals surface area contributed by atoms with Crippen molar-refractivity contribution in [2.75, 3.05) is 0 Å². The summed E-state index contributed by atoms with van der Waals surface area (Å²) in [5, 5.41) is 6.16. The van der Waals surface area contributed by atoms with Gasteiger partial charge < -0.3 is 4.90 Å². The summed E-state index contributed by atoms with van der Waals surface area (Å²) in [6.07, 6.45) is 4.96. The Labute approximate surface area is 253 Å². The molecule has 1 aliphatic carbocycles. The van der Waals surface area contributed by atoms with E-state index in [2.05, 4.69) is 12.6 Å². The quantitative estimate of drug-likeness (QED) is 0.237. The fourth-order valence-corrected chi connectivity index (χ4v) is 7.94. The molecule has 1 heterocycles. The van der Waals surface area contributed by atoms with E-state index < -0.39 is 20.7 Å². The summed E-state index contributed by atoms with van der Waals surface area (Å²) in [5.41, 5.74) is 1.89. The summed E-state index contributed by atoms with van der Waals surface area (Å²) >= 11 is 12.8. The number of amides is 1. The Hall–Kier alpha value is -2.64. The summed E-state index contributed by atoms with van der Waals surface area (Å²) in [6, 6.07) is 23.8. The number of sulfonamides is 1. The van der Waals surface area contributed by atoms with Crippen LogP contribution in [0.2, 0.25) is 10.0 Å². The first-order valence-corrected chi connectivity index (χ1v) is 16.4. The van der Waals surface area contributed by atoms with Crippen molar-refractivity contribution < 1.29 is 13.2 Å². The average Bonchev–Trinajstić information content (AvgIpc) is 3.77. The molecule has 5 rings (SSSR count). The Morgan fingerprint density at radius 2 is 1.68 bits per heavy atom. The standard InChI is InChI=1S/C33H36Cl2N2O3S/c1-3-18-33(2)21-28(25-10-7-11-27(35)19-25)31(24-14-16-26(34)17-15-24)37(32(33)38)29(22-12-13-22)20-30(41(36,39)40)23-8-5-4-6-9-23/h3-11,14-17,19,22,28-31H,1,12-13,18,20-21H2,2H3,(H2,36,39,40)/t28-,29+,30?,31-,33+/m1/s1. The first-order chi connectivity index (χ1) is 19.5. The highest BCUT2D eigenvalue weighted by Crippen LogP contribution is 2.55. The molecule has 41 heavy (non-hydrogen) atoms. The minimum absolute atomic E-state index is 0.00811. The molecule has 0 radical (unpaired) electrons. The highest BCUT2D eigenvalue weighted by Gasteiger charge is 2.54. The van der Waals surface area contributed by atoms with Crippen molar-refractivity contribution in [1.29, 1.82) is 0 Å². The van der Waals surface area contributed by atoms with Crippen LogP contribution >= 0.6 is 23.2 Å². The zero-order valence-corrected chi connectivity index (χ0v) is 25.5. The topological polar surface area (TPSA) is 80.5 Å². The first-order valence-electron chi connectivity index (χ1n) is 14.0. The predicted molar refractivity (Wildman–Crippen MR) is 166 cm³/mol. The van der Waals surface area contributed by atoms with Gasteiger partial charge in [-0.15, -0.1) is 6.58 Å². The minimum atomic E-state index is -3.96. The number of halogens is 2. The lowest BCUT2D eigenvalue weighted by Gasteiger charge is -2.52. The molecule has 8 heteroatoms. The van der Waals surface area contributed by atoms with Gasteiger partial charge in [-0.1, -0.05) is 90.8 Å². The van der Waals surface area contributed by atoms with E-state index in [4.69, 9.17) is 28.3 Å². The second-order valence-corrected chi connectivity index (χ2v) is 14.4. The number of hydrogen-bond donors (Lipinski definition) is 1. The molecule has 1 saturated carbocycles. The number of nitrogens with zero attached hydrogens (tertiary/aromatic N) is 1. The third-order valence-corrected chi connectivity index (χ3v) is 10.5. The van der Waals surface area contributed by atoms with E-state index in [1.54, 1.807) is 18.2 Å². The van der Waals surface area contributed by atoms with Crippen LogP contribution in [-0.4, -0.2) is 25.3 Å². The lowest BCUT2D eigenvalue weighted by molar-refractivity contribution is -0.155. The van der Waals surface area contributed by atoms with Crippen LogP contribution in [-0.2, 0) is 14.8 Å². The Kier molecular flexibility index (Phi) is 8.68. The van der Waals surface area contributed by atoms with E-state index in [-0.39, 0.29) is 36.2 Å². The van der Waals surface area contributed by atoms with Crippen LogP contribution in [0.5, 0.6) is 0 Å². The molecule has 2 N–H and O–H groups in total. The van der Waals surface area contributed by atoms with E-state index in [1.165, 1.54) is 0 Å². The van der Waals surface area contributed by atoms with Gasteiger partial charge in [-0.05, 0) is 79.0 Å². The number of carbonyl (C=O) groups excluding carboxylic acids is 1. The molecule has 2 aliphatic rings. The summed E-state index contributed by atoms with van der Waals surface area (Å²) < 4.78 is 26.1. The molecule has 216 valence electrons. The van der Waals surface area contributed by atoms with Crippen LogP contribution in [0, 0.1) is 11.3 Å². The molecule has 5 nitrogen and oxygen atoms in total. The zero-order chi connectivity index (χ0) is 29.4. The molecular weight excluding hydrogens is 575 g/mol. The lowest BCUT2D eigenvalue weighted by atomic mass is 9.66. The molecule has 1 aliphatic heterocycles. The average molecular weight is 612 g/mol. The van der Waals surface area contributed by atoms with Crippen LogP contribution in [0.1, 0.15) is 72.9 Å². The minimum Gasteiger partial charge on any atom is -0.331 e. The lowest BCUT2D eigenvalue weighted by Crippen LogP contribution is -2.56. The van der Waals surface area contributed by atoms with Crippen molar-refractivity contribution in [3.05, 3.63) is 118 Å². The largest absolute Gasteiger partial charge is 0.331 e. The number of allylic oxidation sites excluding steroid dienone is 1. The van der Waals surface area contributed by atoms with Gasteiger partial charge >= 0.3 is 0 Å². The normalized spacial score (nSPS) is 24.6. The molecule has 1 saturated heterocycles. The number of likely N-dealkylation sites (tertiary alicyclic amines) is 1. The molecular formula is C33H36Cl2N2O3S. The maximum Gasteiger partial charge on any atom is 0.229 e. The smallest absolute Gasteiger partial charge is 0.229 e. The Balaban J connectivity index is 1.69. The third-order valence-electron chi connectivity index (χ3n) is 8.73. The van der Waals surface area contributed by atoms with Gasteiger partial charge in [0.2, 0.25) is 15.9 Å². The number of benzene rings is 3. The van der Waals surface area contributed by atoms with Gasteiger partial charge in [-0.2, -0.15) is 0 Å². The maximum atomic E-state index is 14.7. The predicted octanol–water partition coefficient (Wildman–Crippen LogP) is 7.83. The van der Waals surface area contributed by atoms with Crippen LogP contribution in [0.25, 0.3) is 0 Å². The van der Waals surface area contributed by atoms with Crippen LogP contribution in [0.15, 0.2) is 91.5 Å². The summed E-state index contributed by atoms with van der Waals surface area (Å²) in [7, 11) is -3.96. The molecule has 5 atom stereocenters. The molecule has 0 bridgehead atoms. The highest BCUT2D eigenvalue weighted by atomic mass is 35.5. The fourth-order valence-electron chi connectivity index (χ4n) is 6.61. The van der Waals surface area contributed by atoms with Crippen molar-refractivity contribution in [1.82, 2.24) is 4.90 Å². The second-order valence-electron chi connectivity index (χ2n) is 11.8. The molecule has 3 aromatic rings. The number of carbonyl (C=O) groups is 1. The van der Waals surface area contributed by atoms with Crippen molar-refractivity contribution >= 4 is 39.1 Å². The van der Waals surface area contributed by atoms with Crippen molar-refractivity contribution in [3.8, 4) is 0 Å². The second kappa shape index (κ2) is 11.9. The highest BCUT2D eigenvalue weighted by molar-refractivity contribution is 7.89. The monoisotopic (exact) mass is 610 g/mol. The van der Waals surface area contributed by atoms with Crippen molar-refractivity contribution in [2.24, 2.45) is 16.5 Å². The van der Waals surface area contributed by atoms with Crippen LogP contribution in [0.3, 0.4) is 0 Å². The summed E-state index contributed by atoms with van der Waals surface area (Å²) in [6.45, 7) is 5.97. The van der Waals surface area contributed by atoms with Crippen molar-refractivity contribution in [3.63, 3.8) is 0 Å². The van der Waals surface area contributed by atoms with E-state index in [0.717, 1.165) is 24.0 Å². The maximum absolute atomic E-state index is 14.7. The third kappa shape index (κ3) is 6.41. The van der Waals surface area contributed by atoms with Gasteiger partial charge in [0.25, 0.3) is 0 Å². The fraction of sp³-hybridized carbons (Fsp3) is 0.364. The molecule has 1 unspecified atom stereocenters. The zero-order valence-electron chi connectivity index (χ0n) is 23.1. The summed E-state index contributed by atoms with van der Waals surface area (Å²) in [5.74, 6) is 0.0880. The Bertz CT molecular complexity index is 1510. The SMILES string of the molecule is C=CC[C@@]1(C)C[C@H](c2cccc(Cl)c2)[C@@H](c2ccc(Cl)cc2)N([C@@H](CC(c2ccccc2)S(N)(=O)=O)C2CC2)C1=O. The summed E-state index contributed by atoms with van der Waals surface area (Å²) in [4.78, 5) is 16.7. The number of primary sulfonamides is 1. The number of piperidine rings is 1. The molecule has 2 fully saturated rings. The van der Waals surface area contributed by atoms with E-state index in [1.807, 2.05) is 72.5 Å². The first kappa shape index (κ1) is 29.8. The van der Waals surface area contributed by atoms with Crippen molar-refractivity contribution in [2.45, 2.75) is 62.3 Å². The van der Waals surface area contributed by atoms with E-state index in [9.17, 15) is 13.2 Å². The Morgan fingerprint density at radius 1 is 1.00 bits per heavy atom. The van der Waals surface area contributed by atoms with Gasteiger partial charge in [0.1, 0.15) is 5.25 Å². The molecule has 3 aromatic carbocycles. The molecule has 1 amide bonds. The van der Waals surface area contributed by atoms with Crippen LogP contribution < -0.4 is 5.14 Å². The van der Waals surface area contributed by atoms with Gasteiger partial charge in [0, 0.05) is 22.0 Å². The van der Waals surface area contributed by atoms with Gasteiger partial charge in [0.15, 0.2) is 0 Å². The van der Waals surface area contributed by atoms with Gasteiger partial charge in [0.05, 0.1) is 11.5 Å². The molecule has 0 aromatic heterocycles. The molecule has 0 spiro atoms. The van der Waals surface area contributed by atoms with E-state index >= 15 is 0 Å². The number of nitrogens with two attached hydrogens (primary N) is 1. The van der Waals surface area contributed by atoms with Crippen LogP contribution in [0.4, 0.5) is 0 Å². The van der Waals surface area contributed by atoms with E-state index in [0.29, 0.717) is 28.5 Å². The Morgan fingerprint density at radius 3 is 2.27 bits per heavy atom. The van der Waals surface area contributed by atoms with Gasteiger partial charge in [-0.3, -0.25) is 4.79 Å². The van der Waals surface area contributed by atoms with Gasteiger partial charge in [-0.25, -0.2) is 13.6 Å². The number of hydrogen-bond acceptors (Lipinski definition) is 3. The number of rotatable bonds is 10.